The van der Waals surface area contributed by atoms with Crippen LogP contribution in [0.15, 0.2) is 4.47 Å². The molecular weight excluding hydrogens is 314 g/mol. The monoisotopic (exact) mass is 341 g/mol. The number of hydrogen-bond acceptors (Lipinski definition) is 2. The molecule has 3 nitrogen and oxygen atoms in total. The average Bonchev–Trinajstić information content (AvgIpc) is 3.01. The van der Waals surface area contributed by atoms with Crippen LogP contribution in [0.2, 0.25) is 0 Å². The zero-order chi connectivity index (χ0) is 14.7. The van der Waals surface area contributed by atoms with Gasteiger partial charge in [0.2, 0.25) is 0 Å². The highest BCUT2D eigenvalue weighted by atomic mass is 79.9. The summed E-state index contributed by atoms with van der Waals surface area (Å²) < 4.78 is 3.35. The molecule has 1 aromatic heterocycles. The predicted molar refractivity (Wildman–Crippen MR) is 87.8 cm³/mol. The first-order valence-corrected chi connectivity index (χ1v) is 8.78. The molecule has 20 heavy (non-hydrogen) atoms. The molecule has 1 saturated carbocycles. The van der Waals surface area contributed by atoms with Gasteiger partial charge in [-0.25, -0.2) is 0 Å². The fraction of sp³-hybridized carbons (Fsp3) is 0.812. The first kappa shape index (κ1) is 16.0. The minimum Gasteiger partial charge on any atom is -0.294 e. The first-order valence-electron chi connectivity index (χ1n) is 7.98. The van der Waals surface area contributed by atoms with Crippen LogP contribution in [-0.4, -0.2) is 27.3 Å². The van der Waals surface area contributed by atoms with E-state index in [1.165, 1.54) is 42.4 Å². The van der Waals surface area contributed by atoms with Gasteiger partial charge in [0.05, 0.1) is 15.9 Å². The molecule has 0 amide bonds. The van der Waals surface area contributed by atoms with E-state index in [0.29, 0.717) is 5.92 Å². The van der Waals surface area contributed by atoms with Crippen molar-refractivity contribution in [1.29, 1.82) is 0 Å². The molecule has 0 aliphatic heterocycles. The van der Waals surface area contributed by atoms with Gasteiger partial charge >= 0.3 is 0 Å². The number of aryl methyl sites for hydroxylation is 2. The first-order chi connectivity index (χ1) is 9.52. The molecule has 0 saturated heterocycles. The summed E-state index contributed by atoms with van der Waals surface area (Å²) in [6.45, 7) is 12.1. The lowest BCUT2D eigenvalue weighted by Crippen LogP contribution is -2.36. The molecule has 1 heterocycles. The van der Waals surface area contributed by atoms with Crippen LogP contribution in [0.5, 0.6) is 0 Å². The summed E-state index contributed by atoms with van der Waals surface area (Å²) >= 11 is 3.74. The highest BCUT2D eigenvalue weighted by Crippen LogP contribution is 2.28. The largest absolute Gasteiger partial charge is 0.294 e. The second-order valence-corrected chi connectivity index (χ2v) is 7.22. The highest BCUT2D eigenvalue weighted by molar-refractivity contribution is 9.10. The van der Waals surface area contributed by atoms with Gasteiger partial charge in [-0.15, -0.1) is 0 Å². The second-order valence-electron chi connectivity index (χ2n) is 6.42. The van der Waals surface area contributed by atoms with E-state index in [1.54, 1.807) is 0 Å². The van der Waals surface area contributed by atoms with E-state index in [9.17, 15) is 0 Å². The van der Waals surface area contributed by atoms with Crippen molar-refractivity contribution in [1.82, 2.24) is 14.7 Å². The van der Waals surface area contributed by atoms with Crippen LogP contribution in [0.25, 0.3) is 0 Å². The number of aromatic nitrogens is 2. The van der Waals surface area contributed by atoms with Crippen molar-refractivity contribution in [2.45, 2.75) is 72.5 Å². The van der Waals surface area contributed by atoms with Gasteiger partial charge in [-0.05, 0) is 48.5 Å². The molecule has 0 bridgehead atoms. The Bertz CT molecular complexity index is 433. The minimum absolute atomic E-state index is 0.716. The van der Waals surface area contributed by atoms with Gasteiger partial charge in [0.1, 0.15) is 0 Å². The zero-order valence-electron chi connectivity index (χ0n) is 13.3. The molecule has 1 fully saturated rings. The van der Waals surface area contributed by atoms with Gasteiger partial charge in [-0.3, -0.25) is 9.58 Å². The topological polar surface area (TPSA) is 21.1 Å². The highest BCUT2D eigenvalue weighted by Gasteiger charge is 2.25. The predicted octanol–water partition coefficient (Wildman–Crippen LogP) is 4.37. The van der Waals surface area contributed by atoms with Crippen molar-refractivity contribution in [2.24, 2.45) is 5.92 Å². The molecule has 2 rings (SSSR count). The molecule has 1 aliphatic rings. The van der Waals surface area contributed by atoms with Gasteiger partial charge in [-0.2, -0.15) is 5.10 Å². The fourth-order valence-corrected chi connectivity index (χ4v) is 3.70. The molecule has 1 aliphatic carbocycles. The molecule has 0 N–H and O–H groups in total. The smallest absolute Gasteiger partial charge is 0.0739 e. The van der Waals surface area contributed by atoms with Crippen molar-refractivity contribution in [3.05, 3.63) is 15.9 Å². The van der Waals surface area contributed by atoms with Crippen LogP contribution in [0.4, 0.5) is 0 Å². The molecule has 4 heteroatoms. The maximum atomic E-state index is 4.63. The van der Waals surface area contributed by atoms with Gasteiger partial charge in [-0.1, -0.05) is 26.7 Å². The maximum absolute atomic E-state index is 4.63. The summed E-state index contributed by atoms with van der Waals surface area (Å²) in [4.78, 5) is 2.69. The number of nitrogens with zero attached hydrogens (tertiary/aromatic N) is 3. The van der Waals surface area contributed by atoms with E-state index in [0.717, 1.165) is 24.8 Å². The van der Waals surface area contributed by atoms with Crippen molar-refractivity contribution in [2.75, 3.05) is 6.54 Å². The molecule has 0 unspecified atom stereocenters. The summed E-state index contributed by atoms with van der Waals surface area (Å²) in [5.41, 5.74) is 2.45. The lowest BCUT2D eigenvalue weighted by Gasteiger charge is -2.30. The summed E-state index contributed by atoms with van der Waals surface area (Å²) in [5, 5.41) is 4.63. The Labute approximate surface area is 131 Å². The van der Waals surface area contributed by atoms with Gasteiger partial charge in [0.15, 0.2) is 0 Å². The van der Waals surface area contributed by atoms with Crippen LogP contribution in [0, 0.1) is 12.8 Å². The van der Waals surface area contributed by atoms with E-state index < -0.39 is 0 Å². The molecule has 0 radical (unpaired) electrons. The van der Waals surface area contributed by atoms with Crippen molar-refractivity contribution >= 4 is 15.9 Å². The van der Waals surface area contributed by atoms with E-state index in [1.807, 2.05) is 0 Å². The number of hydrogen-bond donors (Lipinski definition) is 0. The maximum Gasteiger partial charge on any atom is 0.0739 e. The lowest BCUT2D eigenvalue weighted by atomic mass is 10.1. The van der Waals surface area contributed by atoms with Crippen LogP contribution < -0.4 is 0 Å². The molecule has 114 valence electrons. The van der Waals surface area contributed by atoms with Gasteiger partial charge in [0, 0.05) is 25.7 Å². The lowest BCUT2D eigenvalue weighted by molar-refractivity contribution is 0.163. The van der Waals surface area contributed by atoms with Crippen LogP contribution >= 0.6 is 15.9 Å². The molecular formula is C16H28BrN3. The number of rotatable bonds is 6. The molecule has 1 aromatic rings. The van der Waals surface area contributed by atoms with E-state index in [-0.39, 0.29) is 0 Å². The Morgan fingerprint density at radius 3 is 2.55 bits per heavy atom. The van der Waals surface area contributed by atoms with Crippen molar-refractivity contribution in [3.8, 4) is 0 Å². The van der Waals surface area contributed by atoms with Crippen molar-refractivity contribution in [3.63, 3.8) is 0 Å². The molecule has 0 aromatic carbocycles. The van der Waals surface area contributed by atoms with E-state index in [2.05, 4.69) is 58.3 Å². The minimum atomic E-state index is 0.716. The SMILES string of the molecule is CCn1nc(C)c(Br)c1CN(CC(C)C)C1CCCC1. The molecule has 0 spiro atoms. The molecule has 0 atom stereocenters. The van der Waals surface area contributed by atoms with Crippen LogP contribution in [0.1, 0.15) is 57.8 Å². The standard InChI is InChI=1S/C16H28BrN3/c1-5-20-15(16(17)13(4)18-20)11-19(10-12(2)3)14-8-6-7-9-14/h12,14H,5-11H2,1-4H3. The quantitative estimate of drug-likeness (QED) is 0.765. The summed E-state index contributed by atoms with van der Waals surface area (Å²) in [7, 11) is 0. The normalized spacial score (nSPS) is 16.8. The van der Waals surface area contributed by atoms with Gasteiger partial charge < -0.3 is 0 Å². The Morgan fingerprint density at radius 2 is 2.00 bits per heavy atom. The van der Waals surface area contributed by atoms with E-state index >= 15 is 0 Å². The number of halogens is 1. The zero-order valence-corrected chi connectivity index (χ0v) is 14.9. The van der Waals surface area contributed by atoms with E-state index in [4.69, 9.17) is 0 Å². The Morgan fingerprint density at radius 1 is 1.35 bits per heavy atom. The Hall–Kier alpha value is -0.350. The van der Waals surface area contributed by atoms with Crippen LogP contribution in [-0.2, 0) is 13.1 Å². The Kier molecular flexibility index (Phi) is 5.67. The third-order valence-electron chi connectivity index (χ3n) is 4.25. The summed E-state index contributed by atoms with van der Waals surface area (Å²) in [5.74, 6) is 0.716. The third kappa shape index (κ3) is 3.64. The second kappa shape index (κ2) is 7.08. The van der Waals surface area contributed by atoms with Crippen LogP contribution in [0.3, 0.4) is 0 Å². The fourth-order valence-electron chi connectivity index (χ4n) is 3.29. The van der Waals surface area contributed by atoms with Crippen molar-refractivity contribution < 1.29 is 0 Å². The summed E-state index contributed by atoms with van der Waals surface area (Å²) in [6.07, 6.45) is 5.52. The van der Waals surface area contributed by atoms with Gasteiger partial charge in [0.25, 0.3) is 0 Å². The average molecular weight is 342 g/mol. The summed E-state index contributed by atoms with van der Waals surface area (Å²) in [6, 6.07) is 0.768. The third-order valence-corrected chi connectivity index (χ3v) is 5.28. The Balaban J connectivity index is 2.18.